The van der Waals surface area contributed by atoms with Gasteiger partial charge in [-0.2, -0.15) is 0 Å². The van der Waals surface area contributed by atoms with Gasteiger partial charge in [-0.05, 0) is 24.3 Å². The summed E-state index contributed by atoms with van der Waals surface area (Å²) in [6, 6.07) is 9.34. The molecule has 0 aliphatic heterocycles. The number of nitrogens with one attached hydrogen (secondary N) is 1. The van der Waals surface area contributed by atoms with E-state index in [-0.39, 0.29) is 12.1 Å². The van der Waals surface area contributed by atoms with Crippen LogP contribution >= 0.6 is 11.8 Å². The van der Waals surface area contributed by atoms with Crippen molar-refractivity contribution in [3.8, 4) is 0 Å². The summed E-state index contributed by atoms with van der Waals surface area (Å²) in [7, 11) is -4.30. The third-order valence-electron chi connectivity index (χ3n) is 2.94. The average molecular weight is 372 g/mol. The fraction of sp³-hybridized carbons (Fsp3) is 0.133. The van der Waals surface area contributed by atoms with Crippen LogP contribution in [0, 0.1) is 11.6 Å². The minimum atomic E-state index is -4.30. The lowest BCUT2D eigenvalue weighted by Crippen LogP contribution is -2.16. The van der Waals surface area contributed by atoms with Gasteiger partial charge in [0.25, 0.3) is 10.0 Å². The number of benzene rings is 2. The summed E-state index contributed by atoms with van der Waals surface area (Å²) in [5.41, 5.74) is 5.27. The first kappa shape index (κ1) is 18.2. The number of thioether (sulfide) groups is 1. The number of carbonyl (C=O) groups excluding carboxylic acids is 1. The highest BCUT2D eigenvalue weighted by Crippen LogP contribution is 2.30. The number of halogens is 2. The van der Waals surface area contributed by atoms with E-state index < -0.39 is 32.5 Å². The smallest absolute Gasteiger partial charge is 0.264 e. The molecule has 0 atom stereocenters. The van der Waals surface area contributed by atoms with Crippen LogP contribution in [0.1, 0.15) is 6.42 Å². The largest absolute Gasteiger partial charge is 0.370 e. The minimum absolute atomic E-state index is 0.129. The van der Waals surface area contributed by atoms with E-state index in [2.05, 4.69) is 4.72 Å². The molecule has 2 aromatic carbocycles. The predicted octanol–water partition coefficient (Wildman–Crippen LogP) is 2.73. The molecule has 128 valence electrons. The van der Waals surface area contributed by atoms with Gasteiger partial charge in [-0.1, -0.05) is 18.2 Å². The summed E-state index contributed by atoms with van der Waals surface area (Å²) in [5, 5.41) is 0. The van der Waals surface area contributed by atoms with Crippen LogP contribution in [0.5, 0.6) is 0 Å². The van der Waals surface area contributed by atoms with E-state index in [0.29, 0.717) is 10.6 Å². The number of amides is 1. The molecule has 3 N–H and O–H groups in total. The summed E-state index contributed by atoms with van der Waals surface area (Å²) in [4.78, 5) is 10.5. The molecule has 0 radical (unpaired) electrons. The SMILES string of the molecule is NC(=O)CCSc1ccccc1NS(=O)(=O)c1cccc(F)c1F. The van der Waals surface area contributed by atoms with E-state index in [1.807, 2.05) is 0 Å². The highest BCUT2D eigenvalue weighted by Gasteiger charge is 2.22. The fourth-order valence-electron chi connectivity index (χ4n) is 1.83. The zero-order chi connectivity index (χ0) is 17.7. The fourth-order valence-corrected chi connectivity index (χ4v) is 4.04. The number of primary amides is 1. The molecule has 2 aromatic rings. The Kier molecular flexibility index (Phi) is 5.79. The van der Waals surface area contributed by atoms with Crippen molar-refractivity contribution in [1.82, 2.24) is 0 Å². The normalized spacial score (nSPS) is 11.2. The standard InChI is InChI=1S/C15H14F2N2O3S2/c16-10-4-3-7-13(15(10)17)24(21,22)19-11-5-1-2-6-12(11)23-9-8-14(18)20/h1-7,19H,8-9H2,(H2,18,20). The topological polar surface area (TPSA) is 89.3 Å². The Morgan fingerprint density at radius 3 is 2.54 bits per heavy atom. The lowest BCUT2D eigenvalue weighted by Gasteiger charge is -2.12. The van der Waals surface area contributed by atoms with Crippen molar-refractivity contribution in [3.05, 3.63) is 54.1 Å². The third-order valence-corrected chi connectivity index (χ3v) is 5.40. The van der Waals surface area contributed by atoms with Crippen molar-refractivity contribution < 1.29 is 22.0 Å². The summed E-state index contributed by atoms with van der Waals surface area (Å²) < 4.78 is 53.8. The predicted molar refractivity (Wildman–Crippen MR) is 88.1 cm³/mol. The Hall–Kier alpha value is -2.13. The molecule has 0 unspecified atom stereocenters. The zero-order valence-electron chi connectivity index (χ0n) is 12.3. The maximum absolute atomic E-state index is 13.7. The molecule has 0 aliphatic carbocycles. The van der Waals surface area contributed by atoms with Crippen molar-refractivity contribution in [2.45, 2.75) is 16.2 Å². The maximum atomic E-state index is 13.7. The number of hydrogen-bond acceptors (Lipinski definition) is 4. The van der Waals surface area contributed by atoms with Gasteiger partial charge in [-0.15, -0.1) is 11.8 Å². The Bertz CT molecular complexity index is 858. The zero-order valence-corrected chi connectivity index (χ0v) is 14.0. The molecule has 1 amide bonds. The van der Waals surface area contributed by atoms with Crippen molar-refractivity contribution >= 4 is 33.4 Å². The summed E-state index contributed by atoms with van der Waals surface area (Å²) in [6.45, 7) is 0. The quantitative estimate of drug-likeness (QED) is 0.732. The van der Waals surface area contributed by atoms with E-state index in [1.54, 1.807) is 18.2 Å². The number of hydrogen-bond donors (Lipinski definition) is 2. The summed E-state index contributed by atoms with van der Waals surface area (Å²) in [5.74, 6) is -2.80. The number of nitrogens with two attached hydrogens (primary N) is 1. The van der Waals surface area contributed by atoms with Crippen LogP contribution in [0.25, 0.3) is 0 Å². The van der Waals surface area contributed by atoms with Crippen LogP contribution in [0.3, 0.4) is 0 Å². The first-order valence-corrected chi connectivity index (χ1v) is 9.25. The molecule has 0 bridgehead atoms. The van der Waals surface area contributed by atoms with Crippen LogP contribution in [0.2, 0.25) is 0 Å². The molecule has 5 nitrogen and oxygen atoms in total. The van der Waals surface area contributed by atoms with Crippen LogP contribution in [0.4, 0.5) is 14.5 Å². The number of sulfonamides is 1. The Morgan fingerprint density at radius 2 is 1.83 bits per heavy atom. The second-order valence-electron chi connectivity index (χ2n) is 4.72. The second-order valence-corrected chi connectivity index (χ2v) is 7.51. The van der Waals surface area contributed by atoms with Gasteiger partial charge in [-0.25, -0.2) is 17.2 Å². The van der Waals surface area contributed by atoms with Crippen LogP contribution < -0.4 is 10.5 Å². The van der Waals surface area contributed by atoms with Gasteiger partial charge in [0.1, 0.15) is 4.90 Å². The van der Waals surface area contributed by atoms with E-state index in [0.717, 1.165) is 18.2 Å². The van der Waals surface area contributed by atoms with Crippen molar-refractivity contribution in [2.24, 2.45) is 5.73 Å². The lowest BCUT2D eigenvalue weighted by atomic mass is 10.3. The highest BCUT2D eigenvalue weighted by atomic mass is 32.2. The van der Waals surface area contributed by atoms with Gasteiger partial charge >= 0.3 is 0 Å². The van der Waals surface area contributed by atoms with Crippen molar-refractivity contribution in [1.29, 1.82) is 0 Å². The summed E-state index contributed by atoms with van der Waals surface area (Å²) in [6.07, 6.45) is 0.129. The Labute approximate surface area is 142 Å². The van der Waals surface area contributed by atoms with Crippen molar-refractivity contribution in [3.63, 3.8) is 0 Å². The molecule has 0 saturated carbocycles. The molecule has 0 saturated heterocycles. The van der Waals surface area contributed by atoms with Gasteiger partial charge in [-0.3, -0.25) is 9.52 Å². The first-order valence-electron chi connectivity index (χ1n) is 6.78. The van der Waals surface area contributed by atoms with E-state index in [9.17, 15) is 22.0 Å². The van der Waals surface area contributed by atoms with Crippen LogP contribution in [-0.2, 0) is 14.8 Å². The first-order chi connectivity index (χ1) is 11.3. The molecule has 24 heavy (non-hydrogen) atoms. The Morgan fingerprint density at radius 1 is 1.12 bits per heavy atom. The van der Waals surface area contributed by atoms with E-state index in [4.69, 9.17) is 5.73 Å². The summed E-state index contributed by atoms with van der Waals surface area (Å²) >= 11 is 1.22. The lowest BCUT2D eigenvalue weighted by molar-refractivity contribution is -0.117. The monoisotopic (exact) mass is 372 g/mol. The van der Waals surface area contributed by atoms with E-state index >= 15 is 0 Å². The average Bonchev–Trinajstić information content (AvgIpc) is 2.51. The molecule has 9 heteroatoms. The number of rotatable bonds is 7. The van der Waals surface area contributed by atoms with Gasteiger partial charge in [0, 0.05) is 17.1 Å². The number of anilines is 1. The van der Waals surface area contributed by atoms with Gasteiger partial charge in [0.15, 0.2) is 11.6 Å². The minimum Gasteiger partial charge on any atom is -0.370 e. The third kappa shape index (κ3) is 4.45. The molecule has 2 rings (SSSR count). The second kappa shape index (κ2) is 7.63. The van der Waals surface area contributed by atoms with Crippen LogP contribution in [-0.4, -0.2) is 20.1 Å². The van der Waals surface area contributed by atoms with Gasteiger partial charge in [0.05, 0.1) is 5.69 Å². The molecule has 0 aromatic heterocycles. The highest BCUT2D eigenvalue weighted by molar-refractivity contribution is 7.99. The molecule has 0 aliphatic rings. The van der Waals surface area contributed by atoms with Gasteiger partial charge in [0.2, 0.25) is 5.91 Å². The molecular formula is C15H14F2N2O3S2. The maximum Gasteiger partial charge on any atom is 0.264 e. The number of para-hydroxylation sites is 1. The van der Waals surface area contributed by atoms with Gasteiger partial charge < -0.3 is 5.73 Å². The van der Waals surface area contributed by atoms with Crippen LogP contribution in [0.15, 0.2) is 52.3 Å². The van der Waals surface area contributed by atoms with E-state index in [1.165, 1.54) is 17.8 Å². The number of carbonyl (C=O) groups is 1. The Balaban J connectivity index is 2.27. The molecular weight excluding hydrogens is 358 g/mol. The molecule has 0 fully saturated rings. The molecule has 0 spiro atoms. The van der Waals surface area contributed by atoms with Crippen molar-refractivity contribution in [2.75, 3.05) is 10.5 Å². The molecule has 0 heterocycles.